The molecule has 0 amide bonds. The predicted octanol–water partition coefficient (Wildman–Crippen LogP) is 4.03. The van der Waals surface area contributed by atoms with E-state index in [-0.39, 0.29) is 30.1 Å². The van der Waals surface area contributed by atoms with E-state index in [4.69, 9.17) is 18.8 Å². The number of carbonyl (C=O) groups is 1. The van der Waals surface area contributed by atoms with Gasteiger partial charge in [0.2, 0.25) is 5.79 Å². The van der Waals surface area contributed by atoms with Gasteiger partial charge in [0.05, 0.1) is 11.7 Å². The fraction of sp³-hybridized carbons (Fsp3) is 0.696. The Morgan fingerprint density at radius 2 is 1.97 bits per heavy atom. The van der Waals surface area contributed by atoms with Gasteiger partial charge < -0.3 is 18.8 Å². The number of para-hydroxylation sites is 1. The first-order chi connectivity index (χ1) is 13.9. The molecule has 4 saturated carbocycles. The number of ether oxygens (including phenoxy) is 2. The predicted molar refractivity (Wildman–Crippen MR) is 105 cm³/mol. The number of cyclic esters (lactones) is 1. The van der Waals surface area contributed by atoms with E-state index in [1.165, 1.54) is 25.7 Å². The minimum atomic E-state index is -0.960. The van der Waals surface area contributed by atoms with Gasteiger partial charge >= 0.3 is 13.1 Å². The molecule has 5 fully saturated rings. The van der Waals surface area contributed by atoms with Crippen molar-refractivity contribution in [3.05, 3.63) is 29.3 Å². The summed E-state index contributed by atoms with van der Waals surface area (Å²) >= 11 is 0. The number of fused-ring (bicyclic) bond motifs is 3. The van der Waals surface area contributed by atoms with Crippen molar-refractivity contribution in [1.29, 1.82) is 0 Å². The molecule has 5 atom stereocenters. The molecular weight excluding hydrogens is 367 g/mol. The van der Waals surface area contributed by atoms with E-state index in [1.54, 1.807) is 19.9 Å². The van der Waals surface area contributed by atoms with Crippen molar-refractivity contribution in [1.82, 2.24) is 0 Å². The van der Waals surface area contributed by atoms with Crippen LogP contribution in [0.3, 0.4) is 0 Å². The van der Waals surface area contributed by atoms with Crippen LogP contribution < -0.4 is 4.74 Å². The summed E-state index contributed by atoms with van der Waals surface area (Å²) in [5.41, 5.74) is 1.51. The van der Waals surface area contributed by atoms with Crippen molar-refractivity contribution >= 4 is 13.1 Å². The van der Waals surface area contributed by atoms with Crippen LogP contribution in [0.15, 0.2) is 18.2 Å². The number of carbonyl (C=O) groups excluding carboxylic acids is 1. The van der Waals surface area contributed by atoms with Crippen LogP contribution in [0.2, 0.25) is 0 Å². The molecule has 6 heteroatoms. The molecule has 1 spiro atoms. The molecule has 2 heterocycles. The quantitative estimate of drug-likeness (QED) is 0.560. The van der Waals surface area contributed by atoms with Crippen molar-refractivity contribution < 1.29 is 23.6 Å². The van der Waals surface area contributed by atoms with Crippen molar-refractivity contribution in [2.45, 2.75) is 81.6 Å². The third-order valence-electron chi connectivity index (χ3n) is 8.49. The second-order valence-electron chi connectivity index (χ2n) is 10.7. The summed E-state index contributed by atoms with van der Waals surface area (Å²) in [4.78, 5) is 12.6. The van der Waals surface area contributed by atoms with Crippen molar-refractivity contribution in [2.75, 3.05) is 0 Å². The Hall–Kier alpha value is -1.53. The van der Waals surface area contributed by atoms with Gasteiger partial charge in [0, 0.05) is 19.2 Å². The van der Waals surface area contributed by atoms with Crippen LogP contribution in [-0.2, 0) is 19.4 Å². The topological polar surface area (TPSA) is 54.0 Å². The fourth-order valence-corrected chi connectivity index (χ4v) is 6.97. The molecule has 1 saturated heterocycles. The molecule has 6 aliphatic rings. The van der Waals surface area contributed by atoms with Gasteiger partial charge in [-0.05, 0) is 74.3 Å². The molecular formula is C23H27BO5. The summed E-state index contributed by atoms with van der Waals surface area (Å²) in [6.45, 7) is 3.57. The number of benzene rings is 1. The van der Waals surface area contributed by atoms with E-state index >= 15 is 0 Å². The molecule has 7 rings (SSSR count). The molecule has 1 aromatic carbocycles. The van der Waals surface area contributed by atoms with Gasteiger partial charge in [-0.3, -0.25) is 0 Å². The Kier molecular flexibility index (Phi) is 3.08. The van der Waals surface area contributed by atoms with Crippen LogP contribution >= 0.6 is 0 Å². The Morgan fingerprint density at radius 1 is 1.10 bits per heavy atom. The van der Waals surface area contributed by atoms with E-state index in [9.17, 15) is 4.79 Å². The first-order valence-corrected chi connectivity index (χ1v) is 11.3. The SMILES string of the molecule is CC1(C)OC(=O)c2cccc(C3(B4O[C@@H]5CCC6CC7CC7C5(C6)O4)CC3)c2O1. The van der Waals surface area contributed by atoms with Crippen LogP contribution in [-0.4, -0.2) is 30.6 Å². The highest BCUT2D eigenvalue weighted by Crippen LogP contribution is 2.67. The van der Waals surface area contributed by atoms with E-state index in [0.717, 1.165) is 36.7 Å². The molecule has 0 radical (unpaired) electrons. The monoisotopic (exact) mass is 394 g/mol. The average Bonchev–Trinajstić information content (AvgIpc) is 3.57. The molecule has 2 aliphatic heterocycles. The van der Waals surface area contributed by atoms with Gasteiger partial charge in [-0.15, -0.1) is 0 Å². The molecule has 2 bridgehead atoms. The largest absolute Gasteiger partial charge is 0.469 e. The van der Waals surface area contributed by atoms with Crippen molar-refractivity contribution in [3.8, 4) is 5.75 Å². The summed E-state index contributed by atoms with van der Waals surface area (Å²) < 4.78 is 25.3. The molecule has 1 aromatic rings. The van der Waals surface area contributed by atoms with Crippen molar-refractivity contribution in [3.63, 3.8) is 0 Å². The number of esters is 1. The Balaban J connectivity index is 1.27. The number of hydrogen-bond acceptors (Lipinski definition) is 5. The van der Waals surface area contributed by atoms with Crippen LogP contribution in [0.5, 0.6) is 5.75 Å². The van der Waals surface area contributed by atoms with E-state index < -0.39 is 5.79 Å². The summed E-state index contributed by atoms with van der Waals surface area (Å²) in [5.74, 6) is 1.76. The number of hydrogen-bond donors (Lipinski definition) is 0. The molecule has 152 valence electrons. The molecule has 29 heavy (non-hydrogen) atoms. The molecule has 0 N–H and O–H groups in total. The van der Waals surface area contributed by atoms with Gasteiger partial charge in [0.25, 0.3) is 0 Å². The highest BCUT2D eigenvalue weighted by Gasteiger charge is 2.72. The third kappa shape index (κ3) is 2.22. The van der Waals surface area contributed by atoms with Crippen LogP contribution in [0.25, 0.3) is 0 Å². The zero-order chi connectivity index (χ0) is 19.6. The molecule has 5 nitrogen and oxygen atoms in total. The highest BCUT2D eigenvalue weighted by molar-refractivity contribution is 6.51. The van der Waals surface area contributed by atoms with Gasteiger partial charge in [0.1, 0.15) is 11.3 Å². The fourth-order valence-electron chi connectivity index (χ4n) is 6.97. The minimum Gasteiger partial charge on any atom is -0.452 e. The summed E-state index contributed by atoms with van der Waals surface area (Å²) in [6.07, 6.45) is 8.55. The Morgan fingerprint density at radius 3 is 2.79 bits per heavy atom. The zero-order valence-electron chi connectivity index (χ0n) is 17.1. The van der Waals surface area contributed by atoms with Crippen LogP contribution in [0.4, 0.5) is 0 Å². The van der Waals surface area contributed by atoms with Gasteiger partial charge in [-0.1, -0.05) is 12.1 Å². The Labute approximate surface area is 171 Å². The van der Waals surface area contributed by atoms with Gasteiger partial charge in [0.15, 0.2) is 0 Å². The molecule has 4 unspecified atom stereocenters. The summed E-state index contributed by atoms with van der Waals surface area (Å²) in [7, 11) is -0.234. The molecule has 4 aliphatic carbocycles. The maximum Gasteiger partial charge on any atom is 0.469 e. The van der Waals surface area contributed by atoms with Crippen molar-refractivity contribution in [2.24, 2.45) is 17.8 Å². The van der Waals surface area contributed by atoms with Crippen LogP contribution in [0.1, 0.15) is 74.7 Å². The van der Waals surface area contributed by atoms with Crippen LogP contribution in [0, 0.1) is 17.8 Å². The van der Waals surface area contributed by atoms with E-state index in [1.807, 2.05) is 6.07 Å². The standard InChI is InChI=1S/C23H27BO5/c1-21(2)26-19-15(20(25)27-21)4-3-5-16(19)22(8-9-22)24-28-18-7-6-13-10-14-11-17(14)23(18,12-13)29-24/h3-5,13-14,17-18H,6-12H2,1-2H3/t13?,14?,17?,18-,23?/m1/s1. The second kappa shape index (κ2) is 5.20. The average molecular weight is 394 g/mol. The lowest BCUT2D eigenvalue weighted by atomic mass is 9.63. The van der Waals surface area contributed by atoms with E-state index in [2.05, 4.69) is 6.07 Å². The van der Waals surface area contributed by atoms with E-state index in [0.29, 0.717) is 17.2 Å². The molecule has 0 aromatic heterocycles. The lowest BCUT2D eigenvalue weighted by Crippen LogP contribution is -2.50. The lowest BCUT2D eigenvalue weighted by molar-refractivity contribution is -0.128. The summed E-state index contributed by atoms with van der Waals surface area (Å²) in [5, 5.41) is -0.206. The maximum absolute atomic E-state index is 12.6. The normalized spacial score (nSPS) is 42.1. The second-order valence-corrected chi connectivity index (χ2v) is 10.7. The third-order valence-corrected chi connectivity index (χ3v) is 8.49. The van der Waals surface area contributed by atoms with Gasteiger partial charge in [-0.2, -0.15) is 0 Å². The lowest BCUT2D eigenvalue weighted by Gasteiger charge is -2.45. The minimum absolute atomic E-state index is 0.0556. The number of rotatable bonds is 2. The maximum atomic E-state index is 12.6. The first-order valence-electron chi connectivity index (χ1n) is 11.3. The van der Waals surface area contributed by atoms with Gasteiger partial charge in [-0.25, -0.2) is 4.79 Å². The first kappa shape index (κ1) is 17.2. The summed E-state index contributed by atoms with van der Waals surface area (Å²) in [6, 6.07) is 5.82. The zero-order valence-corrected chi connectivity index (χ0v) is 17.1. The highest BCUT2D eigenvalue weighted by atomic mass is 16.7. The Bertz CT molecular complexity index is 924. The smallest absolute Gasteiger partial charge is 0.452 e.